The van der Waals surface area contributed by atoms with Gasteiger partial charge in [-0.2, -0.15) is 33.2 Å². The van der Waals surface area contributed by atoms with Crippen molar-refractivity contribution in [2.24, 2.45) is 0 Å². The van der Waals surface area contributed by atoms with Gasteiger partial charge < -0.3 is 10.6 Å². The Morgan fingerprint density at radius 2 is 1.71 bits per heavy atom. The number of anilines is 3. The van der Waals surface area contributed by atoms with E-state index >= 15 is 0 Å². The predicted octanol–water partition coefficient (Wildman–Crippen LogP) is 4.86. The summed E-state index contributed by atoms with van der Waals surface area (Å²) in [6.45, 7) is -0.0637. The number of halogens is 4. The first-order valence-electron chi connectivity index (χ1n) is 10.0. The molecule has 0 spiro atoms. The van der Waals surface area contributed by atoms with Gasteiger partial charge in [0.15, 0.2) is 5.82 Å². The van der Waals surface area contributed by atoms with Crippen LogP contribution in [-0.4, -0.2) is 25.1 Å². The Kier molecular flexibility index (Phi) is 4.75. The Labute approximate surface area is 174 Å². The summed E-state index contributed by atoms with van der Waals surface area (Å²) in [5.74, 6) is 1.56. The van der Waals surface area contributed by atoms with E-state index < -0.39 is 17.6 Å². The molecule has 5 rings (SSSR count). The van der Waals surface area contributed by atoms with Crippen molar-refractivity contribution in [3.8, 4) is 0 Å². The van der Waals surface area contributed by atoms with Crippen molar-refractivity contribution in [2.45, 2.75) is 50.2 Å². The molecule has 11 heteroatoms. The zero-order valence-corrected chi connectivity index (χ0v) is 16.3. The van der Waals surface area contributed by atoms with E-state index in [1.807, 2.05) is 6.07 Å². The van der Waals surface area contributed by atoms with E-state index in [-0.39, 0.29) is 24.0 Å². The van der Waals surface area contributed by atoms with Crippen molar-refractivity contribution in [2.75, 3.05) is 10.6 Å². The Morgan fingerprint density at radius 3 is 2.39 bits per heavy atom. The molecule has 2 saturated carbocycles. The van der Waals surface area contributed by atoms with Crippen LogP contribution in [-0.2, 0) is 12.7 Å². The molecule has 0 unspecified atom stereocenters. The van der Waals surface area contributed by atoms with E-state index in [0.29, 0.717) is 29.6 Å². The molecule has 7 nitrogen and oxygen atoms in total. The van der Waals surface area contributed by atoms with E-state index in [0.717, 1.165) is 43.5 Å². The molecule has 3 N–H and O–H groups in total. The summed E-state index contributed by atoms with van der Waals surface area (Å²) in [6, 6.07) is 4.37. The zero-order valence-electron chi connectivity index (χ0n) is 16.3. The number of nitrogens with zero attached hydrogens (tertiary/aromatic N) is 4. The van der Waals surface area contributed by atoms with Gasteiger partial charge in [0.25, 0.3) is 0 Å². The molecule has 2 aliphatic carbocycles. The van der Waals surface area contributed by atoms with Crippen LogP contribution in [0.3, 0.4) is 0 Å². The average molecular weight is 433 g/mol. The lowest BCUT2D eigenvalue weighted by Crippen LogP contribution is -2.11. The quantitative estimate of drug-likeness (QED) is 0.461. The minimum absolute atomic E-state index is 0.0637. The maximum Gasteiger partial charge on any atom is 0.416 e. The Morgan fingerprint density at radius 1 is 0.968 bits per heavy atom. The predicted molar refractivity (Wildman–Crippen MR) is 104 cm³/mol. The van der Waals surface area contributed by atoms with Gasteiger partial charge in [0, 0.05) is 35.7 Å². The second-order valence-electron chi connectivity index (χ2n) is 7.88. The van der Waals surface area contributed by atoms with Crippen molar-refractivity contribution in [3.05, 3.63) is 52.7 Å². The zero-order chi connectivity index (χ0) is 21.6. The fourth-order valence-electron chi connectivity index (χ4n) is 3.21. The summed E-state index contributed by atoms with van der Waals surface area (Å²) in [5, 5.41) is 13.2. The van der Waals surface area contributed by atoms with Gasteiger partial charge in [-0.25, -0.2) is 4.39 Å². The van der Waals surface area contributed by atoms with Crippen molar-refractivity contribution in [1.82, 2.24) is 25.1 Å². The lowest BCUT2D eigenvalue weighted by atomic mass is 10.1. The Bertz CT molecular complexity index is 1100. The van der Waals surface area contributed by atoms with E-state index in [1.165, 1.54) is 0 Å². The van der Waals surface area contributed by atoms with Crippen LogP contribution in [0.4, 0.5) is 35.3 Å². The highest BCUT2D eigenvalue weighted by atomic mass is 19.4. The van der Waals surface area contributed by atoms with E-state index in [2.05, 4.69) is 35.8 Å². The molecule has 0 saturated heterocycles. The van der Waals surface area contributed by atoms with Gasteiger partial charge in [-0.3, -0.25) is 5.10 Å². The number of alkyl halides is 3. The normalized spacial score (nSPS) is 16.4. The van der Waals surface area contributed by atoms with Crippen molar-refractivity contribution < 1.29 is 17.6 Å². The first-order valence-corrected chi connectivity index (χ1v) is 10.0. The fourth-order valence-corrected chi connectivity index (χ4v) is 3.21. The molecule has 31 heavy (non-hydrogen) atoms. The summed E-state index contributed by atoms with van der Waals surface area (Å²) in [4.78, 5) is 13.1. The van der Waals surface area contributed by atoms with Crippen LogP contribution in [0.15, 0.2) is 24.3 Å². The molecule has 2 aromatic heterocycles. The van der Waals surface area contributed by atoms with Crippen LogP contribution in [0.2, 0.25) is 0 Å². The summed E-state index contributed by atoms with van der Waals surface area (Å²) < 4.78 is 52.3. The number of nitrogens with one attached hydrogen (secondary N) is 3. The minimum Gasteiger partial charge on any atom is -0.350 e. The maximum atomic E-state index is 14.1. The minimum atomic E-state index is -4.59. The smallest absolute Gasteiger partial charge is 0.350 e. The van der Waals surface area contributed by atoms with Crippen LogP contribution in [0, 0.1) is 5.82 Å². The van der Waals surface area contributed by atoms with Crippen molar-refractivity contribution in [1.29, 1.82) is 0 Å². The standard InChI is InChI=1S/C20H19F4N7/c21-14-7-13(20(22,23)24)6-5-12(14)9-25-18-27-17(11-3-4-11)28-19(29-18)26-16-8-15(30-31-16)10-1-2-10/h5-8,10-11H,1-4,9H2,(H3,25,26,27,28,29,30,31). The number of hydrogen-bond acceptors (Lipinski definition) is 6. The number of rotatable bonds is 7. The van der Waals surface area contributed by atoms with E-state index in [4.69, 9.17) is 0 Å². The lowest BCUT2D eigenvalue weighted by Gasteiger charge is -2.11. The molecule has 1 aromatic carbocycles. The van der Waals surface area contributed by atoms with Gasteiger partial charge in [-0.1, -0.05) is 6.07 Å². The van der Waals surface area contributed by atoms with Crippen LogP contribution in [0.1, 0.15) is 60.2 Å². The monoisotopic (exact) mass is 433 g/mol. The summed E-state index contributed by atoms with van der Waals surface area (Å²) in [5.41, 5.74) is 0.119. The van der Waals surface area contributed by atoms with Crippen LogP contribution in [0.25, 0.3) is 0 Å². The summed E-state index contributed by atoms with van der Waals surface area (Å²) in [7, 11) is 0. The average Bonchev–Trinajstić information content (AvgIpc) is 3.65. The van der Waals surface area contributed by atoms with Gasteiger partial charge in [-0.05, 0) is 37.8 Å². The number of benzene rings is 1. The highest BCUT2D eigenvalue weighted by molar-refractivity contribution is 5.50. The molecule has 2 fully saturated rings. The van der Waals surface area contributed by atoms with Gasteiger partial charge in [0.2, 0.25) is 11.9 Å². The third kappa shape index (κ3) is 4.59. The molecule has 0 atom stereocenters. The van der Waals surface area contributed by atoms with Gasteiger partial charge in [-0.15, -0.1) is 0 Å². The summed E-state index contributed by atoms with van der Waals surface area (Å²) in [6.07, 6.45) is -0.344. The number of aromatic nitrogens is 5. The largest absolute Gasteiger partial charge is 0.416 e. The molecule has 0 bridgehead atoms. The van der Waals surface area contributed by atoms with Crippen LogP contribution >= 0.6 is 0 Å². The third-order valence-corrected chi connectivity index (χ3v) is 5.27. The second kappa shape index (κ2) is 7.47. The fraction of sp³-hybridized carbons (Fsp3) is 0.400. The molecule has 162 valence electrons. The highest BCUT2D eigenvalue weighted by Gasteiger charge is 2.31. The number of hydrogen-bond donors (Lipinski definition) is 3. The topological polar surface area (TPSA) is 91.4 Å². The number of aromatic amines is 1. The Hall–Kier alpha value is -3.24. The molecule has 0 amide bonds. The van der Waals surface area contributed by atoms with Crippen molar-refractivity contribution >= 4 is 17.7 Å². The summed E-state index contributed by atoms with van der Waals surface area (Å²) >= 11 is 0. The van der Waals surface area contributed by atoms with Gasteiger partial charge in [0.1, 0.15) is 11.6 Å². The molecular formula is C20H19F4N7. The molecule has 2 heterocycles. The highest BCUT2D eigenvalue weighted by Crippen LogP contribution is 2.40. The molecule has 0 aliphatic heterocycles. The molecule has 3 aromatic rings. The Balaban J connectivity index is 1.32. The van der Waals surface area contributed by atoms with Crippen LogP contribution < -0.4 is 10.6 Å². The SMILES string of the molecule is Fc1cc(C(F)(F)F)ccc1CNc1nc(Nc2cc(C3CC3)[nH]n2)nc(C2CC2)n1. The second-order valence-corrected chi connectivity index (χ2v) is 7.88. The van der Waals surface area contributed by atoms with Crippen molar-refractivity contribution in [3.63, 3.8) is 0 Å². The van der Waals surface area contributed by atoms with Gasteiger partial charge >= 0.3 is 6.18 Å². The lowest BCUT2D eigenvalue weighted by molar-refractivity contribution is -0.137. The maximum absolute atomic E-state index is 14.1. The van der Waals surface area contributed by atoms with E-state index in [9.17, 15) is 17.6 Å². The van der Waals surface area contributed by atoms with E-state index in [1.54, 1.807) is 0 Å². The first-order chi connectivity index (χ1) is 14.8. The molecular weight excluding hydrogens is 414 g/mol. The first kappa shape index (κ1) is 19.7. The molecule has 2 aliphatic rings. The number of H-pyrrole nitrogens is 1. The van der Waals surface area contributed by atoms with Crippen LogP contribution in [0.5, 0.6) is 0 Å². The third-order valence-electron chi connectivity index (χ3n) is 5.27. The molecule has 0 radical (unpaired) electrons. The van der Waals surface area contributed by atoms with Gasteiger partial charge in [0.05, 0.1) is 5.56 Å².